The fourth-order valence-corrected chi connectivity index (χ4v) is 3.54. The van der Waals surface area contributed by atoms with Crippen molar-refractivity contribution in [3.63, 3.8) is 0 Å². The van der Waals surface area contributed by atoms with E-state index in [4.69, 9.17) is 4.52 Å². The van der Waals surface area contributed by atoms with E-state index in [0.29, 0.717) is 11.5 Å². The molecule has 0 unspecified atom stereocenters. The van der Waals surface area contributed by atoms with Crippen LogP contribution in [0.1, 0.15) is 28.1 Å². The number of amides is 3. The second-order valence-corrected chi connectivity index (χ2v) is 6.61. The summed E-state index contributed by atoms with van der Waals surface area (Å²) in [5.74, 6) is 0.287. The summed E-state index contributed by atoms with van der Waals surface area (Å²) in [6.07, 6.45) is 0. The minimum Gasteiger partial charge on any atom is -0.361 e. The molecule has 0 aliphatic carbocycles. The molecular weight excluding hydrogens is 342 g/mol. The average Bonchev–Trinajstić information content (AvgIpc) is 3.15. The number of nitrogens with one attached hydrogen (secondary N) is 1. The maximum atomic E-state index is 13.6. The Morgan fingerprint density at radius 2 is 1.52 bits per heavy atom. The van der Waals surface area contributed by atoms with Crippen molar-refractivity contribution in [2.45, 2.75) is 25.9 Å². The van der Waals surface area contributed by atoms with E-state index in [1.54, 1.807) is 13.8 Å². The summed E-state index contributed by atoms with van der Waals surface area (Å²) in [4.78, 5) is 27.6. The van der Waals surface area contributed by atoms with E-state index in [1.807, 2.05) is 60.7 Å². The lowest BCUT2D eigenvalue weighted by molar-refractivity contribution is -0.130. The molecule has 0 atom stereocenters. The lowest BCUT2D eigenvalue weighted by Crippen LogP contribution is -2.45. The molecule has 1 saturated heterocycles. The monoisotopic (exact) mass is 361 g/mol. The van der Waals surface area contributed by atoms with Gasteiger partial charge in [0.2, 0.25) is 0 Å². The molecule has 2 aromatic carbocycles. The summed E-state index contributed by atoms with van der Waals surface area (Å²) in [7, 11) is 0. The van der Waals surface area contributed by atoms with Gasteiger partial charge in [-0.2, -0.15) is 0 Å². The van der Waals surface area contributed by atoms with Crippen molar-refractivity contribution in [2.75, 3.05) is 0 Å². The highest BCUT2D eigenvalue weighted by Gasteiger charge is 2.53. The molecule has 4 rings (SSSR count). The van der Waals surface area contributed by atoms with E-state index in [2.05, 4.69) is 10.5 Å². The first kappa shape index (κ1) is 17.0. The Bertz CT molecular complexity index is 937. The van der Waals surface area contributed by atoms with Crippen molar-refractivity contribution >= 4 is 11.9 Å². The first-order valence-corrected chi connectivity index (χ1v) is 8.71. The van der Waals surface area contributed by atoms with E-state index >= 15 is 0 Å². The number of carbonyl (C=O) groups excluding carboxylic acids is 2. The minimum atomic E-state index is -1.25. The van der Waals surface area contributed by atoms with Crippen LogP contribution in [-0.4, -0.2) is 22.0 Å². The summed E-state index contributed by atoms with van der Waals surface area (Å²) in [6, 6.07) is 18.2. The van der Waals surface area contributed by atoms with Crippen LogP contribution in [0.15, 0.2) is 65.2 Å². The Labute approximate surface area is 156 Å². The molecule has 27 heavy (non-hydrogen) atoms. The Morgan fingerprint density at radius 1 is 0.963 bits per heavy atom. The van der Waals surface area contributed by atoms with Crippen LogP contribution >= 0.6 is 0 Å². The van der Waals surface area contributed by atoms with E-state index in [0.717, 1.165) is 16.7 Å². The van der Waals surface area contributed by atoms with Crippen molar-refractivity contribution in [3.8, 4) is 0 Å². The van der Waals surface area contributed by atoms with E-state index in [9.17, 15) is 9.59 Å². The molecule has 0 saturated carbocycles. The lowest BCUT2D eigenvalue weighted by atomic mass is 9.82. The number of rotatable bonds is 4. The van der Waals surface area contributed by atoms with Crippen molar-refractivity contribution < 1.29 is 14.1 Å². The average molecular weight is 361 g/mol. The van der Waals surface area contributed by atoms with Crippen LogP contribution < -0.4 is 5.32 Å². The van der Waals surface area contributed by atoms with Gasteiger partial charge in [0.05, 0.1) is 12.2 Å². The number of benzene rings is 2. The Balaban J connectivity index is 1.82. The number of imide groups is 1. The highest BCUT2D eigenvalue weighted by atomic mass is 16.5. The van der Waals surface area contributed by atoms with Crippen LogP contribution in [-0.2, 0) is 16.9 Å². The third-order valence-corrected chi connectivity index (χ3v) is 5.02. The molecule has 0 radical (unpaired) electrons. The van der Waals surface area contributed by atoms with Crippen molar-refractivity contribution in [1.29, 1.82) is 0 Å². The van der Waals surface area contributed by atoms with Gasteiger partial charge in [-0.1, -0.05) is 65.8 Å². The zero-order chi connectivity index (χ0) is 19.0. The zero-order valence-electron chi connectivity index (χ0n) is 15.1. The number of hydrogen-bond acceptors (Lipinski definition) is 4. The summed E-state index contributed by atoms with van der Waals surface area (Å²) in [6.45, 7) is 3.69. The van der Waals surface area contributed by atoms with Crippen LogP contribution in [0.4, 0.5) is 4.79 Å². The molecular formula is C21H19N3O3. The smallest absolute Gasteiger partial charge is 0.325 e. The molecule has 1 aliphatic heterocycles. The molecule has 2 heterocycles. The maximum absolute atomic E-state index is 13.6. The largest absolute Gasteiger partial charge is 0.361 e. The van der Waals surface area contributed by atoms with Crippen molar-refractivity contribution in [1.82, 2.24) is 15.4 Å². The zero-order valence-corrected chi connectivity index (χ0v) is 15.1. The van der Waals surface area contributed by atoms with E-state index in [1.165, 1.54) is 4.90 Å². The van der Waals surface area contributed by atoms with Gasteiger partial charge in [0.1, 0.15) is 5.76 Å². The summed E-state index contributed by atoms with van der Waals surface area (Å²) in [5.41, 5.74) is 1.60. The molecule has 1 aliphatic rings. The fraction of sp³-hybridized carbons (Fsp3) is 0.190. The number of nitrogens with zero attached hydrogens (tertiary/aromatic N) is 2. The maximum Gasteiger partial charge on any atom is 0.325 e. The molecule has 1 aromatic heterocycles. The summed E-state index contributed by atoms with van der Waals surface area (Å²) < 4.78 is 5.18. The molecule has 1 N–H and O–H groups in total. The quantitative estimate of drug-likeness (QED) is 0.724. The number of urea groups is 1. The van der Waals surface area contributed by atoms with Gasteiger partial charge in [0.25, 0.3) is 5.91 Å². The predicted molar refractivity (Wildman–Crippen MR) is 98.7 cm³/mol. The van der Waals surface area contributed by atoms with Gasteiger partial charge in [0.15, 0.2) is 5.54 Å². The summed E-state index contributed by atoms with van der Waals surface area (Å²) in [5, 5.41) is 6.85. The highest BCUT2D eigenvalue weighted by Crippen LogP contribution is 2.36. The fourth-order valence-electron chi connectivity index (χ4n) is 3.54. The van der Waals surface area contributed by atoms with E-state index in [-0.39, 0.29) is 12.5 Å². The second-order valence-electron chi connectivity index (χ2n) is 6.61. The van der Waals surface area contributed by atoms with Gasteiger partial charge < -0.3 is 9.84 Å². The third kappa shape index (κ3) is 2.61. The summed E-state index contributed by atoms with van der Waals surface area (Å²) >= 11 is 0. The molecule has 136 valence electrons. The van der Waals surface area contributed by atoms with Gasteiger partial charge in [0, 0.05) is 5.56 Å². The first-order chi connectivity index (χ1) is 13.0. The van der Waals surface area contributed by atoms with Crippen molar-refractivity contribution in [3.05, 3.63) is 88.8 Å². The molecule has 0 spiro atoms. The highest BCUT2D eigenvalue weighted by molar-refractivity contribution is 6.09. The van der Waals surface area contributed by atoms with Gasteiger partial charge in [-0.3, -0.25) is 9.69 Å². The topological polar surface area (TPSA) is 75.4 Å². The van der Waals surface area contributed by atoms with Crippen LogP contribution in [0.2, 0.25) is 0 Å². The Kier molecular flexibility index (Phi) is 4.03. The van der Waals surface area contributed by atoms with Gasteiger partial charge in [-0.15, -0.1) is 0 Å². The Morgan fingerprint density at radius 3 is 2.00 bits per heavy atom. The number of aryl methyl sites for hydroxylation is 2. The molecule has 6 heteroatoms. The lowest BCUT2D eigenvalue weighted by Gasteiger charge is -2.28. The van der Waals surface area contributed by atoms with Crippen LogP contribution in [0.25, 0.3) is 0 Å². The molecule has 0 bridgehead atoms. The number of carbonyl (C=O) groups is 2. The van der Waals surface area contributed by atoms with Crippen LogP contribution in [0.3, 0.4) is 0 Å². The molecule has 6 nitrogen and oxygen atoms in total. The third-order valence-electron chi connectivity index (χ3n) is 5.02. The van der Waals surface area contributed by atoms with Crippen LogP contribution in [0.5, 0.6) is 0 Å². The van der Waals surface area contributed by atoms with Gasteiger partial charge >= 0.3 is 6.03 Å². The normalized spacial score (nSPS) is 15.9. The van der Waals surface area contributed by atoms with Crippen LogP contribution in [0, 0.1) is 13.8 Å². The number of aromatic nitrogens is 1. The predicted octanol–water partition coefficient (Wildman–Crippen LogP) is 3.29. The van der Waals surface area contributed by atoms with Gasteiger partial charge in [-0.05, 0) is 25.0 Å². The number of hydrogen-bond donors (Lipinski definition) is 1. The standard InChI is InChI=1S/C21H19N3O3/c1-14-18(15(2)27-23-14)13-24-19(25)21(22-20(24)26,16-9-5-3-6-10-16)17-11-7-4-8-12-17/h3-12H,13H2,1-2H3,(H,22,26). The minimum absolute atomic E-state index is 0.118. The van der Waals surface area contributed by atoms with Crippen molar-refractivity contribution in [2.24, 2.45) is 0 Å². The second kappa shape index (κ2) is 6.39. The molecule has 3 aromatic rings. The Hall–Kier alpha value is -3.41. The van der Waals surface area contributed by atoms with E-state index < -0.39 is 11.6 Å². The first-order valence-electron chi connectivity index (χ1n) is 8.71. The SMILES string of the molecule is Cc1noc(C)c1CN1C(=O)NC(c2ccccc2)(c2ccccc2)C1=O. The molecule has 1 fully saturated rings. The van der Waals surface area contributed by atoms with Gasteiger partial charge in [-0.25, -0.2) is 4.79 Å². The molecule has 3 amide bonds.